The SMILES string of the molecule is CCN1CCC(=C2c3ccc(Cl)cc3OCc3cccnc32)CC1. The Kier molecular flexibility index (Phi) is 4.30. The van der Waals surface area contributed by atoms with Crippen molar-refractivity contribution in [1.29, 1.82) is 0 Å². The largest absolute Gasteiger partial charge is 0.488 e. The lowest BCUT2D eigenvalue weighted by Crippen LogP contribution is -2.30. The van der Waals surface area contributed by atoms with Crippen molar-refractivity contribution in [2.24, 2.45) is 0 Å². The van der Waals surface area contributed by atoms with Crippen molar-refractivity contribution in [1.82, 2.24) is 9.88 Å². The van der Waals surface area contributed by atoms with Gasteiger partial charge in [-0.3, -0.25) is 4.98 Å². The molecule has 4 rings (SSSR count). The summed E-state index contributed by atoms with van der Waals surface area (Å²) in [6, 6.07) is 10.0. The standard InChI is InChI=1S/C20H21ClN2O/c1-2-23-10-7-14(8-11-23)19-17-6-5-16(21)12-18(17)24-13-15-4-3-9-22-20(15)19/h3-6,9,12H,2,7-8,10-11,13H2,1H3. The lowest BCUT2D eigenvalue weighted by Gasteiger charge is -2.29. The molecule has 1 fully saturated rings. The zero-order chi connectivity index (χ0) is 16.5. The molecule has 4 heteroatoms. The fourth-order valence-electron chi connectivity index (χ4n) is 3.63. The van der Waals surface area contributed by atoms with Gasteiger partial charge in [0, 0.05) is 41.0 Å². The third-order valence-corrected chi connectivity index (χ3v) is 5.22. The van der Waals surface area contributed by atoms with Crippen LogP contribution in [0.4, 0.5) is 0 Å². The number of aromatic nitrogens is 1. The van der Waals surface area contributed by atoms with E-state index in [2.05, 4.69) is 24.0 Å². The minimum atomic E-state index is 0.536. The van der Waals surface area contributed by atoms with Gasteiger partial charge in [-0.05, 0) is 43.7 Å². The highest BCUT2D eigenvalue weighted by atomic mass is 35.5. The smallest absolute Gasteiger partial charge is 0.129 e. The molecule has 0 amide bonds. The van der Waals surface area contributed by atoms with Gasteiger partial charge >= 0.3 is 0 Å². The molecule has 1 saturated heterocycles. The maximum Gasteiger partial charge on any atom is 0.129 e. The first-order valence-corrected chi connectivity index (χ1v) is 8.95. The zero-order valence-electron chi connectivity index (χ0n) is 13.9. The van der Waals surface area contributed by atoms with Crippen LogP contribution in [0, 0.1) is 0 Å². The van der Waals surface area contributed by atoms with Crippen molar-refractivity contribution < 1.29 is 4.74 Å². The van der Waals surface area contributed by atoms with E-state index >= 15 is 0 Å². The molecule has 2 aromatic rings. The molecule has 124 valence electrons. The predicted molar refractivity (Wildman–Crippen MR) is 97.4 cm³/mol. The third-order valence-electron chi connectivity index (χ3n) is 4.98. The molecule has 24 heavy (non-hydrogen) atoms. The summed E-state index contributed by atoms with van der Waals surface area (Å²) in [5.41, 5.74) is 6.07. The van der Waals surface area contributed by atoms with Crippen molar-refractivity contribution in [3.05, 3.63) is 63.9 Å². The van der Waals surface area contributed by atoms with Gasteiger partial charge in [-0.25, -0.2) is 0 Å². The van der Waals surface area contributed by atoms with Crippen molar-refractivity contribution in [2.45, 2.75) is 26.4 Å². The number of hydrogen-bond donors (Lipinski definition) is 0. The number of hydrogen-bond acceptors (Lipinski definition) is 3. The fraction of sp³-hybridized carbons (Fsp3) is 0.350. The molecular formula is C20H21ClN2O. The van der Waals surface area contributed by atoms with Crippen molar-refractivity contribution >= 4 is 17.2 Å². The second-order valence-electron chi connectivity index (χ2n) is 6.35. The Hall–Kier alpha value is -1.84. The summed E-state index contributed by atoms with van der Waals surface area (Å²) in [5, 5.41) is 0.706. The molecule has 2 aliphatic rings. The normalized spacial score (nSPS) is 17.8. The van der Waals surface area contributed by atoms with E-state index in [1.807, 2.05) is 24.4 Å². The summed E-state index contributed by atoms with van der Waals surface area (Å²) in [6.07, 6.45) is 4.05. The van der Waals surface area contributed by atoms with Crippen LogP contribution in [0.3, 0.4) is 0 Å². The van der Waals surface area contributed by atoms with Crippen LogP contribution in [-0.4, -0.2) is 29.5 Å². The minimum Gasteiger partial charge on any atom is -0.488 e. The Bertz CT molecular complexity index is 790. The number of halogens is 1. The Labute approximate surface area is 147 Å². The molecule has 1 aromatic carbocycles. The Morgan fingerprint density at radius 2 is 2.04 bits per heavy atom. The van der Waals surface area contributed by atoms with Crippen LogP contribution < -0.4 is 4.74 Å². The monoisotopic (exact) mass is 340 g/mol. The maximum atomic E-state index is 6.19. The van der Waals surface area contributed by atoms with Crippen LogP contribution in [-0.2, 0) is 6.61 Å². The number of fused-ring (bicyclic) bond motifs is 2. The number of pyridine rings is 1. The van der Waals surface area contributed by atoms with E-state index in [0.717, 1.165) is 55.0 Å². The Balaban J connectivity index is 1.88. The van der Waals surface area contributed by atoms with Crippen LogP contribution in [0.15, 0.2) is 42.1 Å². The number of ether oxygens (including phenoxy) is 1. The first-order valence-electron chi connectivity index (χ1n) is 8.57. The highest BCUT2D eigenvalue weighted by Crippen LogP contribution is 2.40. The number of nitrogens with zero attached hydrogens (tertiary/aromatic N) is 2. The van der Waals surface area contributed by atoms with Crippen LogP contribution in [0.25, 0.3) is 5.57 Å². The van der Waals surface area contributed by atoms with Crippen molar-refractivity contribution in [2.75, 3.05) is 19.6 Å². The first kappa shape index (κ1) is 15.7. The van der Waals surface area contributed by atoms with Gasteiger partial charge in [0.05, 0.1) is 5.69 Å². The molecule has 0 spiro atoms. The van der Waals surface area contributed by atoms with Gasteiger partial charge in [0.1, 0.15) is 12.4 Å². The average molecular weight is 341 g/mol. The van der Waals surface area contributed by atoms with Gasteiger partial charge in [0.2, 0.25) is 0 Å². The maximum absolute atomic E-state index is 6.19. The molecule has 1 aromatic heterocycles. The van der Waals surface area contributed by atoms with Crippen LogP contribution in [0.2, 0.25) is 5.02 Å². The highest BCUT2D eigenvalue weighted by molar-refractivity contribution is 6.30. The molecule has 2 aliphatic heterocycles. The van der Waals surface area contributed by atoms with E-state index in [1.54, 1.807) is 0 Å². The van der Waals surface area contributed by atoms with E-state index < -0.39 is 0 Å². The second-order valence-corrected chi connectivity index (χ2v) is 6.79. The van der Waals surface area contributed by atoms with Gasteiger partial charge in [-0.15, -0.1) is 0 Å². The van der Waals surface area contributed by atoms with Gasteiger partial charge in [-0.1, -0.05) is 30.2 Å². The molecule has 0 bridgehead atoms. The molecular weight excluding hydrogens is 320 g/mol. The van der Waals surface area contributed by atoms with E-state index in [1.165, 1.54) is 11.1 Å². The third kappa shape index (κ3) is 2.83. The van der Waals surface area contributed by atoms with Gasteiger partial charge in [0.15, 0.2) is 0 Å². The van der Waals surface area contributed by atoms with Crippen LogP contribution in [0.1, 0.15) is 36.6 Å². The Morgan fingerprint density at radius 3 is 2.83 bits per heavy atom. The van der Waals surface area contributed by atoms with Crippen molar-refractivity contribution in [3.8, 4) is 5.75 Å². The average Bonchev–Trinajstić information content (AvgIpc) is 2.78. The van der Waals surface area contributed by atoms with E-state index in [0.29, 0.717) is 11.6 Å². The highest BCUT2D eigenvalue weighted by Gasteiger charge is 2.25. The summed E-state index contributed by atoms with van der Waals surface area (Å²) in [5.74, 6) is 0.862. The zero-order valence-corrected chi connectivity index (χ0v) is 14.6. The minimum absolute atomic E-state index is 0.536. The molecule has 3 heterocycles. The molecule has 0 N–H and O–H groups in total. The topological polar surface area (TPSA) is 25.4 Å². The summed E-state index contributed by atoms with van der Waals surface area (Å²) in [7, 11) is 0. The van der Waals surface area contributed by atoms with Crippen LogP contribution in [0.5, 0.6) is 5.75 Å². The number of likely N-dealkylation sites (tertiary alicyclic amines) is 1. The summed E-state index contributed by atoms with van der Waals surface area (Å²) >= 11 is 6.19. The summed E-state index contributed by atoms with van der Waals surface area (Å²) in [4.78, 5) is 7.21. The molecule has 0 saturated carbocycles. The van der Waals surface area contributed by atoms with Gasteiger partial charge in [0.25, 0.3) is 0 Å². The first-order chi connectivity index (χ1) is 11.8. The summed E-state index contributed by atoms with van der Waals surface area (Å²) in [6.45, 7) is 6.11. The van der Waals surface area contributed by atoms with E-state index in [4.69, 9.17) is 21.3 Å². The molecule has 3 nitrogen and oxygen atoms in total. The van der Waals surface area contributed by atoms with E-state index in [-0.39, 0.29) is 0 Å². The van der Waals surface area contributed by atoms with Gasteiger partial charge < -0.3 is 9.64 Å². The van der Waals surface area contributed by atoms with Crippen LogP contribution >= 0.6 is 11.6 Å². The number of piperidine rings is 1. The second kappa shape index (κ2) is 6.58. The summed E-state index contributed by atoms with van der Waals surface area (Å²) < 4.78 is 6.05. The van der Waals surface area contributed by atoms with Crippen molar-refractivity contribution in [3.63, 3.8) is 0 Å². The predicted octanol–water partition coefficient (Wildman–Crippen LogP) is 4.55. The Morgan fingerprint density at radius 1 is 1.21 bits per heavy atom. The van der Waals surface area contributed by atoms with Gasteiger partial charge in [-0.2, -0.15) is 0 Å². The van der Waals surface area contributed by atoms with E-state index in [9.17, 15) is 0 Å². The number of rotatable bonds is 1. The lowest BCUT2D eigenvalue weighted by molar-refractivity contribution is 0.270. The molecule has 0 atom stereocenters. The lowest BCUT2D eigenvalue weighted by atomic mass is 9.89. The molecule has 0 aliphatic carbocycles. The fourth-order valence-corrected chi connectivity index (χ4v) is 3.79. The quantitative estimate of drug-likeness (QED) is 0.761. The molecule has 0 radical (unpaired) electrons. The molecule has 0 unspecified atom stereocenters. The number of benzene rings is 1.